The van der Waals surface area contributed by atoms with Gasteiger partial charge in [0.15, 0.2) is 0 Å². The molecule has 0 bridgehead atoms. The highest BCUT2D eigenvalue weighted by Crippen LogP contribution is 2.30. The van der Waals surface area contributed by atoms with Crippen molar-refractivity contribution in [3.63, 3.8) is 0 Å². The molecule has 1 aliphatic heterocycles. The van der Waals surface area contributed by atoms with Gasteiger partial charge in [-0.1, -0.05) is 61.3 Å². The Bertz CT molecular complexity index is 808. The molecule has 0 saturated heterocycles. The highest BCUT2D eigenvalue weighted by Gasteiger charge is 2.25. The summed E-state index contributed by atoms with van der Waals surface area (Å²) >= 11 is 1.74. The van der Waals surface area contributed by atoms with E-state index in [-0.39, 0.29) is 6.71 Å². The molecular formula is C21H23BN2S. The number of nitrogens with zero attached hydrogens (tertiary/aromatic N) is 2. The minimum absolute atomic E-state index is 0.146. The molecule has 0 spiro atoms. The van der Waals surface area contributed by atoms with E-state index >= 15 is 0 Å². The van der Waals surface area contributed by atoms with E-state index in [0.717, 1.165) is 25.6 Å². The van der Waals surface area contributed by atoms with Gasteiger partial charge in [0.25, 0.3) is 6.71 Å². The lowest BCUT2D eigenvalue weighted by Crippen LogP contribution is -2.13. The minimum atomic E-state index is 0.146. The van der Waals surface area contributed by atoms with Crippen LogP contribution in [0, 0.1) is 11.2 Å². The summed E-state index contributed by atoms with van der Waals surface area (Å²) in [7, 11) is 0. The van der Waals surface area contributed by atoms with E-state index in [1.54, 1.807) is 11.9 Å². The maximum absolute atomic E-state index is 9.17. The molecule has 0 atom stereocenters. The Morgan fingerprint density at radius 2 is 1.92 bits per heavy atom. The molecule has 2 nitrogen and oxygen atoms in total. The fraction of sp³-hybridized carbons (Fsp3) is 0.286. The molecule has 126 valence electrons. The minimum Gasteiger partial charge on any atom is -0.312 e. The van der Waals surface area contributed by atoms with Crippen LogP contribution in [0.4, 0.5) is 5.69 Å². The van der Waals surface area contributed by atoms with Gasteiger partial charge in [-0.25, -0.2) is 5.26 Å². The Morgan fingerprint density at radius 1 is 1.20 bits per heavy atom. The third-order valence-electron chi connectivity index (χ3n) is 4.93. The van der Waals surface area contributed by atoms with Gasteiger partial charge in [0.1, 0.15) is 0 Å². The lowest BCUT2D eigenvalue weighted by molar-refractivity contribution is 1.05. The van der Waals surface area contributed by atoms with Crippen molar-refractivity contribution in [1.82, 2.24) is 0 Å². The van der Waals surface area contributed by atoms with Crippen molar-refractivity contribution < 1.29 is 0 Å². The first-order chi connectivity index (χ1) is 12.1. The van der Waals surface area contributed by atoms with Crippen LogP contribution >= 0.6 is 11.9 Å². The summed E-state index contributed by atoms with van der Waals surface area (Å²) in [5.41, 5.74) is 7.57. The highest BCUT2D eigenvalue weighted by atomic mass is 32.2. The standard InChI is InChI=1S/C21H23BN2S/c1-4-16(2)18-7-5-17(6-8-18)14-24(25-3)21-10-9-19-12-22(15-23)13-20(19)11-21/h5-11H,2,4,12-14H2,1,3H3. The number of hydrogen-bond donors (Lipinski definition) is 0. The van der Waals surface area contributed by atoms with E-state index in [1.807, 2.05) is 0 Å². The molecule has 0 radical (unpaired) electrons. The zero-order valence-corrected chi connectivity index (χ0v) is 15.8. The van der Waals surface area contributed by atoms with E-state index in [0.29, 0.717) is 0 Å². The van der Waals surface area contributed by atoms with E-state index < -0.39 is 0 Å². The third-order valence-corrected chi connectivity index (χ3v) is 5.71. The topological polar surface area (TPSA) is 27.0 Å². The van der Waals surface area contributed by atoms with Gasteiger partial charge in [-0.2, -0.15) is 0 Å². The molecule has 3 rings (SSSR count). The molecule has 0 fully saturated rings. The average molecular weight is 346 g/mol. The summed E-state index contributed by atoms with van der Waals surface area (Å²) in [5, 5.41) is 9.17. The molecule has 0 amide bonds. The van der Waals surface area contributed by atoms with Crippen LogP contribution in [0.1, 0.15) is 35.6 Å². The predicted molar refractivity (Wildman–Crippen MR) is 111 cm³/mol. The molecule has 0 aromatic heterocycles. The molecule has 25 heavy (non-hydrogen) atoms. The van der Waals surface area contributed by atoms with Crippen molar-refractivity contribution >= 4 is 29.9 Å². The van der Waals surface area contributed by atoms with Gasteiger partial charge in [0.2, 0.25) is 0 Å². The van der Waals surface area contributed by atoms with Crippen LogP contribution in [0.2, 0.25) is 0 Å². The maximum Gasteiger partial charge on any atom is 0.276 e. The lowest BCUT2D eigenvalue weighted by atomic mass is 9.49. The second kappa shape index (κ2) is 7.84. The molecular weight excluding hydrogens is 323 g/mol. The van der Waals surface area contributed by atoms with Gasteiger partial charge in [-0.15, -0.1) is 0 Å². The van der Waals surface area contributed by atoms with Crippen molar-refractivity contribution in [3.8, 4) is 5.97 Å². The van der Waals surface area contributed by atoms with Crippen molar-refractivity contribution in [3.05, 3.63) is 71.3 Å². The molecule has 4 heteroatoms. The maximum atomic E-state index is 9.17. The summed E-state index contributed by atoms with van der Waals surface area (Å²) in [5.74, 6) is 2.41. The fourth-order valence-electron chi connectivity index (χ4n) is 3.33. The number of benzene rings is 2. The van der Waals surface area contributed by atoms with Crippen molar-refractivity contribution in [2.75, 3.05) is 10.6 Å². The molecule has 0 N–H and O–H groups in total. The molecule has 2 aromatic carbocycles. The Morgan fingerprint density at radius 3 is 2.56 bits per heavy atom. The number of allylic oxidation sites excluding steroid dienone is 1. The van der Waals surface area contributed by atoms with Crippen molar-refractivity contribution in [1.29, 1.82) is 5.26 Å². The molecule has 2 aromatic rings. The molecule has 1 heterocycles. The average Bonchev–Trinajstić information content (AvgIpc) is 3.08. The molecule has 0 aliphatic carbocycles. The molecule has 0 unspecified atom stereocenters. The first-order valence-corrected chi connectivity index (χ1v) is 9.93. The summed E-state index contributed by atoms with van der Waals surface area (Å²) in [6, 6.07) is 15.4. The van der Waals surface area contributed by atoms with Gasteiger partial charge < -0.3 is 4.31 Å². The number of fused-ring (bicyclic) bond motifs is 1. The monoisotopic (exact) mass is 346 g/mol. The van der Waals surface area contributed by atoms with Gasteiger partial charge in [-0.05, 0) is 53.5 Å². The first-order valence-electron chi connectivity index (χ1n) is 8.74. The quantitative estimate of drug-likeness (QED) is 0.536. The van der Waals surface area contributed by atoms with Crippen LogP contribution in [-0.2, 0) is 19.2 Å². The predicted octanol–water partition coefficient (Wildman–Crippen LogP) is 5.13. The number of hydrogen-bond acceptors (Lipinski definition) is 3. The Labute approximate surface area is 155 Å². The second-order valence-electron chi connectivity index (χ2n) is 6.56. The summed E-state index contributed by atoms with van der Waals surface area (Å²) < 4.78 is 2.31. The van der Waals surface area contributed by atoms with Crippen LogP contribution in [0.3, 0.4) is 0 Å². The number of anilines is 1. The van der Waals surface area contributed by atoms with Crippen LogP contribution in [0.15, 0.2) is 49.0 Å². The second-order valence-corrected chi connectivity index (χ2v) is 7.37. The van der Waals surface area contributed by atoms with E-state index in [4.69, 9.17) is 5.26 Å². The SMILES string of the molecule is C=C(CC)c1ccc(CN(SC)c2ccc3c(c2)CB(C#N)C3)cc1. The van der Waals surface area contributed by atoms with Crippen LogP contribution in [0.5, 0.6) is 0 Å². The first kappa shape index (κ1) is 17.7. The Hall–Kier alpha value is -2.12. The molecule has 1 aliphatic rings. The lowest BCUT2D eigenvalue weighted by Gasteiger charge is -2.23. The van der Waals surface area contributed by atoms with Crippen LogP contribution in [-0.4, -0.2) is 13.0 Å². The summed E-state index contributed by atoms with van der Waals surface area (Å²) in [6.07, 6.45) is 4.87. The van der Waals surface area contributed by atoms with Crippen LogP contribution < -0.4 is 4.31 Å². The third kappa shape index (κ3) is 3.94. The normalized spacial score (nSPS) is 12.6. The van der Waals surface area contributed by atoms with E-state index in [1.165, 1.54) is 33.5 Å². The zero-order chi connectivity index (χ0) is 17.8. The van der Waals surface area contributed by atoms with Gasteiger partial charge in [0, 0.05) is 17.9 Å². The van der Waals surface area contributed by atoms with E-state index in [2.05, 4.69) is 72.5 Å². The largest absolute Gasteiger partial charge is 0.312 e. The summed E-state index contributed by atoms with van der Waals surface area (Å²) in [6.45, 7) is 7.25. The summed E-state index contributed by atoms with van der Waals surface area (Å²) in [4.78, 5) is 0. The van der Waals surface area contributed by atoms with Crippen molar-refractivity contribution in [2.24, 2.45) is 0 Å². The van der Waals surface area contributed by atoms with Crippen molar-refractivity contribution in [2.45, 2.75) is 32.5 Å². The van der Waals surface area contributed by atoms with Gasteiger partial charge >= 0.3 is 0 Å². The fourth-order valence-corrected chi connectivity index (χ4v) is 3.93. The number of rotatable bonds is 6. The Kier molecular flexibility index (Phi) is 5.55. The highest BCUT2D eigenvalue weighted by molar-refractivity contribution is 7.99. The van der Waals surface area contributed by atoms with E-state index in [9.17, 15) is 0 Å². The van der Waals surface area contributed by atoms with Gasteiger partial charge in [0.05, 0.1) is 6.54 Å². The van der Waals surface area contributed by atoms with Gasteiger partial charge in [-0.3, -0.25) is 0 Å². The Balaban J connectivity index is 1.75. The molecule has 0 saturated carbocycles. The smallest absolute Gasteiger partial charge is 0.276 e. The van der Waals surface area contributed by atoms with Crippen LogP contribution in [0.25, 0.3) is 5.57 Å². The number of nitriles is 1. The zero-order valence-electron chi connectivity index (χ0n) is 15.0.